The molecule has 0 saturated carbocycles. The van der Waals surface area contributed by atoms with Crippen LogP contribution in [0.2, 0.25) is 0 Å². The van der Waals surface area contributed by atoms with Crippen LogP contribution in [-0.2, 0) is 69.2 Å². The van der Waals surface area contributed by atoms with Gasteiger partial charge in [0.05, 0.1) is 12.1 Å². The van der Waals surface area contributed by atoms with Crippen LogP contribution in [0.3, 0.4) is 0 Å². The zero-order valence-corrected chi connectivity index (χ0v) is 26.4. The first kappa shape index (κ1) is 35.9. The lowest BCUT2D eigenvalue weighted by Gasteiger charge is -2.21. The number of hydrogen-bond donors (Lipinski definition) is 0. The van der Waals surface area contributed by atoms with Gasteiger partial charge in [0.25, 0.3) is 0 Å². The predicted molar refractivity (Wildman–Crippen MR) is 144 cm³/mol. The molecule has 4 heterocycles. The third kappa shape index (κ3) is 10.0. The number of ether oxygens (including phenoxy) is 2. The van der Waals surface area contributed by atoms with E-state index in [0.717, 1.165) is 0 Å². The van der Waals surface area contributed by atoms with Crippen molar-refractivity contribution in [2.75, 3.05) is 6.16 Å². The van der Waals surface area contributed by atoms with Crippen molar-refractivity contribution in [3.05, 3.63) is 88.5 Å². The van der Waals surface area contributed by atoms with Gasteiger partial charge >= 0.3 is 42.8 Å². The second kappa shape index (κ2) is 15.8. The van der Waals surface area contributed by atoms with Crippen LogP contribution < -0.4 is 23.3 Å². The maximum absolute atomic E-state index is 13.8. The Morgan fingerprint density at radius 1 is 0.583 bits per heavy atom. The van der Waals surface area contributed by atoms with Crippen molar-refractivity contribution < 1.29 is 78.1 Å². The first-order valence-corrected chi connectivity index (χ1v) is 15.4. The van der Waals surface area contributed by atoms with Gasteiger partial charge in [-0.25, -0.2) is 29.0 Å². The molecule has 0 N–H and O–H groups in total. The van der Waals surface area contributed by atoms with E-state index >= 15 is 0 Å². The van der Waals surface area contributed by atoms with E-state index in [1.807, 2.05) is 0 Å². The second-order valence-corrected chi connectivity index (χ2v) is 11.6. The van der Waals surface area contributed by atoms with E-state index in [1.165, 1.54) is 27.7 Å². The summed E-state index contributed by atoms with van der Waals surface area (Å²) in [6, 6.07) is 0. The van der Waals surface area contributed by atoms with Gasteiger partial charge in [0.1, 0.15) is 24.7 Å². The van der Waals surface area contributed by atoms with Gasteiger partial charge < -0.3 is 44.8 Å². The third-order valence-electron chi connectivity index (χ3n) is 6.24. The zero-order valence-electron chi connectivity index (χ0n) is 25.5. The Morgan fingerprint density at radius 2 is 0.958 bits per heavy atom. The van der Waals surface area contributed by atoms with Gasteiger partial charge in [-0.3, -0.25) is 14.2 Å². The van der Waals surface area contributed by atoms with Crippen LogP contribution in [0.1, 0.15) is 58.9 Å². The largest absolute Gasteiger partial charge is 0.519 e. The Kier molecular flexibility index (Phi) is 11.8. The number of aryl methyl sites for hydroxylation is 4. The van der Waals surface area contributed by atoms with Crippen molar-refractivity contribution in [1.82, 2.24) is 0 Å². The fourth-order valence-electron chi connectivity index (χ4n) is 3.74. The van der Waals surface area contributed by atoms with Crippen molar-refractivity contribution in [2.45, 2.75) is 67.0 Å². The quantitative estimate of drug-likeness (QED) is 0.0622. The van der Waals surface area contributed by atoms with Gasteiger partial charge in [-0.1, -0.05) is 0 Å². The summed E-state index contributed by atoms with van der Waals surface area (Å²) in [6.45, 7) is 3.24. The lowest BCUT2D eigenvalue weighted by molar-refractivity contribution is -0.280. The summed E-state index contributed by atoms with van der Waals surface area (Å²) in [5.74, 6) is -7.88. The van der Waals surface area contributed by atoms with E-state index in [0.29, 0.717) is 0 Å². The third-order valence-corrected chi connectivity index (χ3v) is 7.79. The lowest BCUT2D eigenvalue weighted by Crippen LogP contribution is -2.24. The monoisotopic (exact) mass is 706 g/mol. The molecule has 0 aliphatic heterocycles. The van der Waals surface area contributed by atoms with E-state index < -0.39 is 94.2 Å². The summed E-state index contributed by atoms with van der Waals surface area (Å²) < 4.78 is 72.1. The minimum Gasteiger partial charge on any atom is -0.457 e. The summed E-state index contributed by atoms with van der Waals surface area (Å²) in [5.41, 5.74) is 0. The Bertz CT molecular complexity index is 1920. The van der Waals surface area contributed by atoms with Gasteiger partial charge in [0.2, 0.25) is 0 Å². The van der Waals surface area contributed by atoms with Crippen LogP contribution in [-0.4, -0.2) is 18.1 Å². The molecule has 22 heteroatoms. The molecule has 21 nitrogen and oxygen atoms in total. The van der Waals surface area contributed by atoms with Gasteiger partial charge in [-0.15, -0.1) is 9.35 Å². The van der Waals surface area contributed by atoms with Gasteiger partial charge in [0.15, 0.2) is 47.8 Å². The SMILES string of the molecule is Cc1oc(=O)oc1COOP(=O)(CC(CCC(=O)OCc1oc(=O)oc1C)C(=O)OCc1oc(=O)oc1C)OOCc1oc(=O)oc1C. The average Bonchev–Trinajstić information content (AvgIpc) is 3.72. The number of esters is 2. The second-order valence-electron chi connectivity index (χ2n) is 9.70. The summed E-state index contributed by atoms with van der Waals surface area (Å²) in [4.78, 5) is 81.0. The van der Waals surface area contributed by atoms with Crippen molar-refractivity contribution >= 4 is 19.5 Å². The Morgan fingerprint density at radius 3 is 1.33 bits per heavy atom. The normalized spacial score (nSPS) is 12.3. The molecule has 1 unspecified atom stereocenters. The predicted octanol–water partition coefficient (Wildman–Crippen LogP) is 2.78. The van der Waals surface area contributed by atoms with E-state index in [1.54, 1.807) is 0 Å². The van der Waals surface area contributed by atoms with Crippen LogP contribution in [0.15, 0.2) is 54.5 Å². The van der Waals surface area contributed by atoms with Crippen LogP contribution in [0.25, 0.3) is 0 Å². The van der Waals surface area contributed by atoms with Crippen LogP contribution in [0.4, 0.5) is 0 Å². The van der Waals surface area contributed by atoms with Crippen molar-refractivity contribution in [2.24, 2.45) is 5.92 Å². The molecule has 4 rings (SSSR count). The fourth-order valence-corrected chi connectivity index (χ4v) is 5.18. The number of carbonyl (C=O) groups is 2. The molecular weight excluding hydrogens is 679 g/mol. The van der Waals surface area contributed by atoms with E-state index in [4.69, 9.17) is 63.9 Å². The molecule has 0 radical (unpaired) electrons. The van der Waals surface area contributed by atoms with Crippen LogP contribution in [0, 0.1) is 33.6 Å². The molecule has 0 amide bonds. The van der Waals surface area contributed by atoms with E-state index in [2.05, 4.69) is 0 Å². The Hall–Kier alpha value is -4.95. The maximum atomic E-state index is 13.8. The van der Waals surface area contributed by atoms with E-state index in [-0.39, 0.29) is 46.1 Å². The molecule has 4 aromatic rings. The van der Waals surface area contributed by atoms with Crippen LogP contribution in [0.5, 0.6) is 0 Å². The average molecular weight is 706 g/mol. The first-order chi connectivity index (χ1) is 22.7. The van der Waals surface area contributed by atoms with Gasteiger partial charge in [-0.05, 0) is 34.1 Å². The zero-order chi connectivity index (χ0) is 35.0. The highest BCUT2D eigenvalue weighted by atomic mass is 31.2. The molecule has 0 fully saturated rings. The molecule has 0 aliphatic carbocycles. The highest BCUT2D eigenvalue weighted by Gasteiger charge is 2.37. The molecule has 48 heavy (non-hydrogen) atoms. The Balaban J connectivity index is 1.49. The number of hydrogen-bond acceptors (Lipinski definition) is 21. The highest BCUT2D eigenvalue weighted by Crippen LogP contribution is 2.51. The molecule has 0 aromatic carbocycles. The molecule has 1 atom stereocenters. The van der Waals surface area contributed by atoms with Crippen molar-refractivity contribution in [3.8, 4) is 0 Å². The minimum atomic E-state index is -4.70. The van der Waals surface area contributed by atoms with Gasteiger partial charge in [-0.2, -0.15) is 0 Å². The first-order valence-electron chi connectivity index (χ1n) is 13.6. The summed E-state index contributed by atoms with van der Waals surface area (Å²) in [6.07, 6.45) is -1.75. The molecule has 0 bridgehead atoms. The highest BCUT2D eigenvalue weighted by molar-refractivity contribution is 7.53. The summed E-state index contributed by atoms with van der Waals surface area (Å²) >= 11 is 0. The fraction of sp³-hybridized carbons (Fsp3) is 0.462. The molecule has 0 saturated heterocycles. The standard InChI is InChI=1S/C26H27O21P/c1-12-17(42-23(29)38-12)7-34-21(27)6-5-16(22(28)35-8-18-13(2)39-24(30)43-18)11-48(33,46-36-9-19-14(3)40-25(31)44-19)47-37-10-20-15(4)41-26(32)45-20/h16H,5-11H2,1-4H3. The molecule has 262 valence electrons. The maximum Gasteiger partial charge on any atom is 0.519 e. The smallest absolute Gasteiger partial charge is 0.457 e. The topological polar surface area (TPSA) is 280 Å². The molecule has 0 spiro atoms. The van der Waals surface area contributed by atoms with Gasteiger partial charge in [0, 0.05) is 6.42 Å². The number of carbonyl (C=O) groups excluding carboxylic acids is 2. The molecule has 4 aromatic heterocycles. The van der Waals surface area contributed by atoms with Crippen molar-refractivity contribution in [1.29, 1.82) is 0 Å². The molecular formula is C26H27O21P. The minimum absolute atomic E-state index is 0.0205. The Labute approximate surface area is 265 Å². The summed E-state index contributed by atoms with van der Waals surface area (Å²) in [7, 11) is -4.70. The lowest BCUT2D eigenvalue weighted by atomic mass is 10.1. The molecule has 0 aliphatic rings. The number of rotatable bonds is 18. The van der Waals surface area contributed by atoms with Crippen molar-refractivity contribution in [3.63, 3.8) is 0 Å². The van der Waals surface area contributed by atoms with E-state index in [9.17, 15) is 33.3 Å². The summed E-state index contributed by atoms with van der Waals surface area (Å²) in [5, 5.41) is 0. The van der Waals surface area contributed by atoms with Crippen LogP contribution >= 0.6 is 7.60 Å².